The van der Waals surface area contributed by atoms with Crippen LogP contribution in [0.15, 0.2) is 24.3 Å². The fourth-order valence-corrected chi connectivity index (χ4v) is 3.28. The summed E-state index contributed by atoms with van der Waals surface area (Å²) in [5.41, 5.74) is 1.04. The lowest BCUT2D eigenvalue weighted by Gasteiger charge is -2.34. The topological polar surface area (TPSA) is 47.6 Å². The molecule has 1 amide bonds. The molecule has 1 aromatic rings. The van der Waals surface area contributed by atoms with Crippen LogP contribution in [0.25, 0.3) is 6.08 Å². The molecule has 1 aromatic carbocycles. The average Bonchev–Trinajstić information content (AvgIpc) is 2.58. The van der Waals surface area contributed by atoms with Gasteiger partial charge in [-0.05, 0) is 42.9 Å². The summed E-state index contributed by atoms with van der Waals surface area (Å²) in [5, 5.41) is 3.12. The standard InChI is InChI=1S/C20H29NO3/c1-5-7-16-10-11-18(19(12-16)23-4)24-13-20(22)21-17-9-6-8-14(2)15(17)3/h5,7,10-12,14-15,17H,6,8-9,13H2,1-4H3,(H,21,22)/b7-5+/t14-,15-,17+/m0/s1. The lowest BCUT2D eigenvalue weighted by molar-refractivity contribution is -0.124. The van der Waals surface area contributed by atoms with Crippen LogP contribution in [-0.2, 0) is 4.79 Å². The van der Waals surface area contributed by atoms with E-state index in [0.29, 0.717) is 23.3 Å². The molecule has 1 aliphatic rings. The van der Waals surface area contributed by atoms with Crippen LogP contribution in [-0.4, -0.2) is 25.7 Å². The molecule has 0 saturated heterocycles. The third-order valence-corrected chi connectivity index (χ3v) is 4.96. The van der Waals surface area contributed by atoms with Crippen molar-refractivity contribution in [3.63, 3.8) is 0 Å². The minimum absolute atomic E-state index is 0.0108. The van der Waals surface area contributed by atoms with Gasteiger partial charge in [0.05, 0.1) is 7.11 Å². The van der Waals surface area contributed by atoms with Crippen LogP contribution in [0.3, 0.4) is 0 Å². The lowest BCUT2D eigenvalue weighted by atomic mass is 9.78. The number of rotatable bonds is 6. The number of hydrogen-bond acceptors (Lipinski definition) is 3. The number of nitrogens with one attached hydrogen (secondary N) is 1. The number of allylic oxidation sites excluding steroid dienone is 1. The molecule has 3 atom stereocenters. The highest BCUT2D eigenvalue weighted by atomic mass is 16.5. The highest BCUT2D eigenvalue weighted by molar-refractivity contribution is 5.78. The van der Waals surface area contributed by atoms with Crippen LogP contribution >= 0.6 is 0 Å². The Morgan fingerprint density at radius 3 is 2.79 bits per heavy atom. The first-order chi connectivity index (χ1) is 11.5. The van der Waals surface area contributed by atoms with Gasteiger partial charge < -0.3 is 14.8 Å². The van der Waals surface area contributed by atoms with Crippen molar-refractivity contribution in [2.75, 3.05) is 13.7 Å². The number of methoxy groups -OCH3 is 1. The molecule has 132 valence electrons. The van der Waals surface area contributed by atoms with Crippen LogP contribution < -0.4 is 14.8 Å². The van der Waals surface area contributed by atoms with Gasteiger partial charge in [0.15, 0.2) is 18.1 Å². The van der Waals surface area contributed by atoms with E-state index in [4.69, 9.17) is 9.47 Å². The van der Waals surface area contributed by atoms with Crippen molar-refractivity contribution in [1.82, 2.24) is 5.32 Å². The first kappa shape index (κ1) is 18.4. The zero-order valence-corrected chi connectivity index (χ0v) is 15.2. The normalized spacial score (nSPS) is 23.9. The molecule has 4 heteroatoms. The maximum Gasteiger partial charge on any atom is 0.258 e. The SMILES string of the molecule is C/C=C/c1ccc(OCC(=O)N[C@@H]2CCC[C@H](C)[C@@H]2C)c(OC)c1. The Balaban J connectivity index is 1.91. The summed E-state index contributed by atoms with van der Waals surface area (Å²) < 4.78 is 11.0. The molecule has 0 aromatic heterocycles. The van der Waals surface area contributed by atoms with Crippen molar-refractivity contribution in [1.29, 1.82) is 0 Å². The van der Waals surface area contributed by atoms with Crippen molar-refractivity contribution in [3.05, 3.63) is 29.8 Å². The van der Waals surface area contributed by atoms with Gasteiger partial charge in [-0.25, -0.2) is 0 Å². The van der Waals surface area contributed by atoms with Crippen molar-refractivity contribution in [2.24, 2.45) is 11.8 Å². The molecule has 0 heterocycles. The van der Waals surface area contributed by atoms with Crippen LogP contribution in [0.1, 0.15) is 45.6 Å². The first-order valence-electron chi connectivity index (χ1n) is 8.78. The first-order valence-corrected chi connectivity index (χ1v) is 8.78. The van der Waals surface area contributed by atoms with Crippen LogP contribution in [0.4, 0.5) is 0 Å². The smallest absolute Gasteiger partial charge is 0.258 e. The van der Waals surface area contributed by atoms with Gasteiger partial charge in [0, 0.05) is 6.04 Å². The Kier molecular flexibility index (Phi) is 6.71. The Bertz CT molecular complexity index is 582. The van der Waals surface area contributed by atoms with Gasteiger partial charge in [0.2, 0.25) is 0 Å². The van der Waals surface area contributed by atoms with Crippen molar-refractivity contribution in [3.8, 4) is 11.5 Å². The Hall–Kier alpha value is -1.97. The van der Waals surface area contributed by atoms with Gasteiger partial charge >= 0.3 is 0 Å². The summed E-state index contributed by atoms with van der Waals surface area (Å²) in [6.07, 6.45) is 7.44. The van der Waals surface area contributed by atoms with E-state index in [1.165, 1.54) is 12.8 Å². The number of hydrogen-bond donors (Lipinski definition) is 1. The molecule has 0 spiro atoms. The van der Waals surface area contributed by atoms with E-state index >= 15 is 0 Å². The summed E-state index contributed by atoms with van der Waals surface area (Å²) >= 11 is 0. The molecular formula is C20H29NO3. The minimum Gasteiger partial charge on any atom is -0.493 e. The molecule has 0 unspecified atom stereocenters. The zero-order chi connectivity index (χ0) is 17.5. The second-order valence-electron chi connectivity index (χ2n) is 6.64. The zero-order valence-electron chi connectivity index (χ0n) is 15.2. The molecule has 0 aliphatic heterocycles. The Morgan fingerprint density at radius 1 is 1.29 bits per heavy atom. The molecule has 0 radical (unpaired) electrons. The van der Waals surface area contributed by atoms with Gasteiger partial charge in [-0.2, -0.15) is 0 Å². The summed E-state index contributed by atoms with van der Waals surface area (Å²) in [7, 11) is 1.60. The highest BCUT2D eigenvalue weighted by Crippen LogP contribution is 2.30. The van der Waals surface area contributed by atoms with E-state index in [-0.39, 0.29) is 18.6 Å². The molecule has 0 bridgehead atoms. The third kappa shape index (κ3) is 4.76. The monoisotopic (exact) mass is 331 g/mol. The van der Waals surface area contributed by atoms with E-state index in [0.717, 1.165) is 12.0 Å². The molecule has 2 rings (SSSR count). The fraction of sp³-hybridized carbons (Fsp3) is 0.550. The van der Waals surface area contributed by atoms with Crippen molar-refractivity contribution in [2.45, 2.75) is 46.1 Å². The van der Waals surface area contributed by atoms with Crippen LogP contribution in [0, 0.1) is 11.8 Å². The largest absolute Gasteiger partial charge is 0.493 e. The average molecular weight is 331 g/mol. The van der Waals surface area contributed by atoms with E-state index in [1.807, 2.05) is 37.3 Å². The number of amides is 1. The van der Waals surface area contributed by atoms with Crippen LogP contribution in [0.5, 0.6) is 11.5 Å². The molecular weight excluding hydrogens is 302 g/mol. The van der Waals surface area contributed by atoms with E-state index in [1.54, 1.807) is 7.11 Å². The number of carbonyl (C=O) groups excluding carboxylic acids is 1. The van der Waals surface area contributed by atoms with Crippen LogP contribution in [0.2, 0.25) is 0 Å². The Morgan fingerprint density at radius 2 is 2.08 bits per heavy atom. The molecule has 1 fully saturated rings. The quantitative estimate of drug-likeness (QED) is 0.855. The number of ether oxygens (including phenoxy) is 2. The fourth-order valence-electron chi connectivity index (χ4n) is 3.28. The Labute approximate surface area is 145 Å². The summed E-state index contributed by atoms with van der Waals surface area (Å²) in [5.74, 6) is 2.33. The molecule has 1 N–H and O–H groups in total. The van der Waals surface area contributed by atoms with Crippen molar-refractivity contribution >= 4 is 12.0 Å². The van der Waals surface area contributed by atoms with Gasteiger partial charge in [0.25, 0.3) is 5.91 Å². The second kappa shape index (κ2) is 8.76. The molecule has 4 nitrogen and oxygen atoms in total. The number of benzene rings is 1. The maximum atomic E-state index is 12.2. The molecule has 1 saturated carbocycles. The predicted octanol–water partition coefficient (Wildman–Crippen LogP) is 4.05. The summed E-state index contributed by atoms with van der Waals surface area (Å²) in [4.78, 5) is 12.2. The van der Waals surface area contributed by atoms with E-state index < -0.39 is 0 Å². The molecule has 24 heavy (non-hydrogen) atoms. The van der Waals surface area contributed by atoms with E-state index in [2.05, 4.69) is 19.2 Å². The lowest BCUT2D eigenvalue weighted by Crippen LogP contribution is -2.45. The third-order valence-electron chi connectivity index (χ3n) is 4.96. The van der Waals surface area contributed by atoms with Gasteiger partial charge in [0.1, 0.15) is 0 Å². The summed E-state index contributed by atoms with van der Waals surface area (Å²) in [6, 6.07) is 5.94. The van der Waals surface area contributed by atoms with Gasteiger partial charge in [-0.15, -0.1) is 0 Å². The predicted molar refractivity (Wildman–Crippen MR) is 97.3 cm³/mol. The highest BCUT2D eigenvalue weighted by Gasteiger charge is 2.28. The van der Waals surface area contributed by atoms with E-state index in [9.17, 15) is 4.79 Å². The summed E-state index contributed by atoms with van der Waals surface area (Å²) in [6.45, 7) is 6.46. The van der Waals surface area contributed by atoms with Gasteiger partial charge in [-0.1, -0.05) is 44.9 Å². The van der Waals surface area contributed by atoms with Gasteiger partial charge in [-0.3, -0.25) is 4.79 Å². The maximum absolute atomic E-state index is 12.2. The number of carbonyl (C=O) groups is 1. The van der Waals surface area contributed by atoms with Crippen molar-refractivity contribution < 1.29 is 14.3 Å². The molecule has 1 aliphatic carbocycles. The minimum atomic E-state index is -0.0690. The second-order valence-corrected chi connectivity index (χ2v) is 6.64.